The Balaban J connectivity index is 2.07. The van der Waals surface area contributed by atoms with Crippen molar-refractivity contribution in [2.45, 2.75) is 6.92 Å². The topological polar surface area (TPSA) is 39.3 Å². The highest BCUT2D eigenvalue weighted by atomic mass is 35.5. The van der Waals surface area contributed by atoms with E-state index in [4.69, 9.17) is 23.2 Å². The summed E-state index contributed by atoms with van der Waals surface area (Å²) < 4.78 is 3.37. The minimum atomic E-state index is -0.178. The molecule has 6 heteroatoms. The van der Waals surface area contributed by atoms with Crippen LogP contribution in [0, 0.1) is 6.92 Å². The number of halogens is 2. The number of para-hydroxylation sites is 1. The molecule has 0 aliphatic heterocycles. The molecule has 4 nitrogen and oxygen atoms in total. The second-order valence-corrected chi connectivity index (χ2v) is 6.18. The molecular weight excluding hydrogens is 345 g/mol. The molecule has 0 aliphatic carbocycles. The quantitative estimate of drug-likeness (QED) is 0.632. The summed E-state index contributed by atoms with van der Waals surface area (Å²) in [6.45, 7) is 1.86. The molecule has 0 spiro atoms. The van der Waals surface area contributed by atoms with Crippen LogP contribution in [0.2, 0.25) is 10.0 Å². The Hall–Kier alpha value is -2.30. The predicted molar refractivity (Wildman–Crippen MR) is 99.5 cm³/mol. The first kappa shape index (κ1) is 16.6. The smallest absolute Gasteiger partial charge is 0.283 e. The first-order valence-electron chi connectivity index (χ1n) is 7.32. The fourth-order valence-corrected chi connectivity index (χ4v) is 2.90. The Morgan fingerprint density at radius 1 is 1.08 bits per heavy atom. The van der Waals surface area contributed by atoms with E-state index < -0.39 is 0 Å². The van der Waals surface area contributed by atoms with Crippen LogP contribution in [-0.4, -0.2) is 15.6 Å². The molecule has 0 saturated carbocycles. The molecule has 0 bridgehead atoms. The number of hydrogen-bond donors (Lipinski definition) is 0. The van der Waals surface area contributed by atoms with Crippen molar-refractivity contribution in [3.8, 4) is 5.69 Å². The van der Waals surface area contributed by atoms with E-state index in [1.54, 1.807) is 33.8 Å². The molecule has 24 heavy (non-hydrogen) atoms. The molecule has 0 amide bonds. The van der Waals surface area contributed by atoms with Crippen molar-refractivity contribution in [3.63, 3.8) is 0 Å². The van der Waals surface area contributed by atoms with E-state index in [1.807, 2.05) is 44.3 Å². The van der Waals surface area contributed by atoms with Gasteiger partial charge in [0.1, 0.15) is 0 Å². The van der Waals surface area contributed by atoms with Gasteiger partial charge in [-0.3, -0.25) is 9.48 Å². The average molecular weight is 360 g/mol. The number of aromatic nitrogens is 2. The summed E-state index contributed by atoms with van der Waals surface area (Å²) in [5.41, 5.74) is 2.47. The lowest BCUT2D eigenvalue weighted by Crippen LogP contribution is -2.19. The largest absolute Gasteiger partial charge is 0.297 e. The molecule has 1 aromatic heterocycles. The van der Waals surface area contributed by atoms with Crippen LogP contribution < -0.4 is 5.56 Å². The van der Waals surface area contributed by atoms with Gasteiger partial charge in [0, 0.05) is 23.8 Å². The highest BCUT2D eigenvalue weighted by molar-refractivity contribution is 6.36. The Kier molecular flexibility index (Phi) is 4.60. The minimum absolute atomic E-state index is 0.178. The summed E-state index contributed by atoms with van der Waals surface area (Å²) in [6, 6.07) is 14.6. The molecule has 0 aliphatic rings. The maximum absolute atomic E-state index is 12.7. The van der Waals surface area contributed by atoms with Crippen LogP contribution in [0.1, 0.15) is 11.3 Å². The van der Waals surface area contributed by atoms with Crippen LogP contribution in [0.25, 0.3) is 5.69 Å². The van der Waals surface area contributed by atoms with Gasteiger partial charge < -0.3 is 0 Å². The SMILES string of the molecule is Cc1c(N=Cc2ccc(Cl)cc2Cl)c(=O)n(-c2ccccc2)n1C. The summed E-state index contributed by atoms with van der Waals surface area (Å²) in [6.07, 6.45) is 1.58. The van der Waals surface area contributed by atoms with E-state index in [0.29, 0.717) is 21.3 Å². The molecule has 2 aromatic carbocycles. The van der Waals surface area contributed by atoms with Crippen molar-refractivity contribution in [2.75, 3.05) is 0 Å². The van der Waals surface area contributed by atoms with Crippen LogP contribution >= 0.6 is 23.2 Å². The van der Waals surface area contributed by atoms with Crippen LogP contribution in [0.4, 0.5) is 5.69 Å². The Labute approximate surface area is 149 Å². The fraction of sp³-hybridized carbons (Fsp3) is 0.111. The lowest BCUT2D eigenvalue weighted by molar-refractivity contribution is 0.630. The van der Waals surface area contributed by atoms with E-state index >= 15 is 0 Å². The van der Waals surface area contributed by atoms with E-state index in [-0.39, 0.29) is 5.56 Å². The summed E-state index contributed by atoms with van der Waals surface area (Å²) >= 11 is 12.0. The second kappa shape index (κ2) is 6.67. The number of benzene rings is 2. The van der Waals surface area contributed by atoms with E-state index in [0.717, 1.165) is 11.4 Å². The molecule has 3 aromatic rings. The highest BCUT2D eigenvalue weighted by Gasteiger charge is 2.15. The second-order valence-electron chi connectivity index (χ2n) is 5.33. The number of rotatable bonds is 3. The Bertz CT molecular complexity index is 972. The molecule has 3 rings (SSSR count). The molecule has 0 fully saturated rings. The van der Waals surface area contributed by atoms with Crippen LogP contribution in [0.5, 0.6) is 0 Å². The Morgan fingerprint density at radius 3 is 2.46 bits per heavy atom. The van der Waals surface area contributed by atoms with Crippen molar-refractivity contribution < 1.29 is 0 Å². The summed E-state index contributed by atoms with van der Waals surface area (Å²) in [5.74, 6) is 0. The third-order valence-electron chi connectivity index (χ3n) is 3.82. The highest BCUT2D eigenvalue weighted by Crippen LogP contribution is 2.21. The zero-order valence-corrected chi connectivity index (χ0v) is 14.7. The van der Waals surface area contributed by atoms with Gasteiger partial charge in [-0.25, -0.2) is 9.67 Å². The monoisotopic (exact) mass is 359 g/mol. The molecule has 0 saturated heterocycles. The van der Waals surface area contributed by atoms with Gasteiger partial charge in [0.2, 0.25) is 0 Å². The lowest BCUT2D eigenvalue weighted by atomic mass is 10.2. The standard InChI is InChI=1S/C18H15Cl2N3O/c1-12-17(21-11-13-8-9-14(19)10-16(13)20)18(24)23(22(12)2)15-6-4-3-5-7-15/h3-11H,1-2H3. The maximum Gasteiger partial charge on any atom is 0.297 e. The molecule has 1 heterocycles. The molecule has 0 atom stereocenters. The van der Waals surface area contributed by atoms with Crippen LogP contribution in [0.3, 0.4) is 0 Å². The van der Waals surface area contributed by atoms with Crippen molar-refractivity contribution in [1.82, 2.24) is 9.36 Å². The van der Waals surface area contributed by atoms with Gasteiger partial charge in [0.25, 0.3) is 5.56 Å². The summed E-state index contributed by atoms with van der Waals surface area (Å²) in [7, 11) is 1.83. The van der Waals surface area contributed by atoms with E-state index in [1.165, 1.54) is 0 Å². The number of aliphatic imine (C=N–C) groups is 1. The van der Waals surface area contributed by atoms with Gasteiger partial charge in [-0.15, -0.1) is 0 Å². The molecule has 0 N–H and O–H groups in total. The summed E-state index contributed by atoms with van der Waals surface area (Å²) in [5, 5.41) is 1.04. The third-order valence-corrected chi connectivity index (χ3v) is 4.38. The molecule has 122 valence electrons. The molecule has 0 radical (unpaired) electrons. The first-order chi connectivity index (χ1) is 11.5. The molecular formula is C18H15Cl2N3O. The zero-order chi connectivity index (χ0) is 17.3. The lowest BCUT2D eigenvalue weighted by Gasteiger charge is -2.07. The minimum Gasteiger partial charge on any atom is -0.283 e. The number of nitrogens with zero attached hydrogens (tertiary/aromatic N) is 3. The predicted octanol–water partition coefficient (Wildman–Crippen LogP) is 4.54. The van der Waals surface area contributed by atoms with Gasteiger partial charge in [-0.2, -0.15) is 0 Å². The van der Waals surface area contributed by atoms with Gasteiger partial charge in [0.15, 0.2) is 5.69 Å². The van der Waals surface area contributed by atoms with Crippen molar-refractivity contribution in [3.05, 3.63) is 80.2 Å². The maximum atomic E-state index is 12.7. The van der Waals surface area contributed by atoms with Gasteiger partial charge >= 0.3 is 0 Å². The fourth-order valence-electron chi connectivity index (χ4n) is 2.44. The first-order valence-corrected chi connectivity index (χ1v) is 8.08. The van der Waals surface area contributed by atoms with Gasteiger partial charge in [0.05, 0.1) is 16.4 Å². The Morgan fingerprint density at radius 2 is 1.79 bits per heavy atom. The van der Waals surface area contributed by atoms with Crippen molar-refractivity contribution in [2.24, 2.45) is 12.0 Å². The summed E-state index contributed by atoms with van der Waals surface area (Å²) in [4.78, 5) is 17.1. The third kappa shape index (κ3) is 3.03. The van der Waals surface area contributed by atoms with Gasteiger partial charge in [-0.1, -0.05) is 47.5 Å². The zero-order valence-electron chi connectivity index (χ0n) is 13.2. The average Bonchev–Trinajstić information content (AvgIpc) is 2.78. The normalized spacial score (nSPS) is 11.3. The van der Waals surface area contributed by atoms with Gasteiger partial charge in [-0.05, 0) is 31.2 Å². The molecule has 0 unspecified atom stereocenters. The number of hydrogen-bond acceptors (Lipinski definition) is 2. The van der Waals surface area contributed by atoms with E-state index in [2.05, 4.69) is 4.99 Å². The van der Waals surface area contributed by atoms with Crippen LogP contribution in [-0.2, 0) is 7.05 Å². The van der Waals surface area contributed by atoms with E-state index in [9.17, 15) is 4.79 Å². The van der Waals surface area contributed by atoms with Crippen LogP contribution in [0.15, 0.2) is 58.3 Å². The van der Waals surface area contributed by atoms with Crippen molar-refractivity contribution in [1.29, 1.82) is 0 Å². The van der Waals surface area contributed by atoms with Crippen molar-refractivity contribution >= 4 is 35.1 Å².